The number of amides is 1. The van der Waals surface area contributed by atoms with Crippen molar-refractivity contribution in [3.63, 3.8) is 0 Å². The van der Waals surface area contributed by atoms with Crippen LogP contribution in [0.25, 0.3) is 0 Å². The molecule has 0 bridgehead atoms. The second kappa shape index (κ2) is 4.26. The van der Waals surface area contributed by atoms with E-state index >= 15 is 0 Å². The van der Waals surface area contributed by atoms with E-state index in [2.05, 4.69) is 0 Å². The number of halogens is 1. The second-order valence-corrected chi connectivity index (χ2v) is 4.34. The van der Waals surface area contributed by atoms with Crippen LogP contribution in [-0.4, -0.2) is 23.1 Å². The summed E-state index contributed by atoms with van der Waals surface area (Å²) in [5.41, 5.74) is 0.993. The average Bonchev–Trinajstić information content (AvgIpc) is 2.60. The van der Waals surface area contributed by atoms with Gasteiger partial charge in [0, 0.05) is 18.0 Å². The Morgan fingerprint density at radius 2 is 1.88 bits per heavy atom. The fourth-order valence-electron chi connectivity index (χ4n) is 1.88. The molecule has 1 fully saturated rings. The first-order valence-electron chi connectivity index (χ1n) is 5.19. The molecule has 1 unspecified atom stereocenters. The van der Waals surface area contributed by atoms with E-state index in [1.54, 1.807) is 17.0 Å². The molecule has 1 aliphatic heterocycles. The van der Waals surface area contributed by atoms with Crippen LogP contribution in [0.5, 0.6) is 0 Å². The van der Waals surface area contributed by atoms with E-state index < -0.39 is 0 Å². The topological polar surface area (TPSA) is 37.4 Å². The largest absolute Gasteiger partial charge is 0.329 e. The summed E-state index contributed by atoms with van der Waals surface area (Å²) in [5, 5.41) is 0.666. The summed E-state index contributed by atoms with van der Waals surface area (Å²) in [6, 6.07) is 7.26. The van der Waals surface area contributed by atoms with E-state index in [0.29, 0.717) is 18.0 Å². The number of carbonyl (C=O) groups is 2. The number of rotatable bonds is 2. The van der Waals surface area contributed by atoms with Crippen LogP contribution in [0.1, 0.15) is 24.9 Å². The molecule has 84 valence electrons. The molecular weight excluding hydrogens is 226 g/mol. The van der Waals surface area contributed by atoms with Crippen LogP contribution < -0.4 is 0 Å². The number of hydrogen-bond acceptors (Lipinski definition) is 2. The molecule has 1 heterocycles. The van der Waals surface area contributed by atoms with Gasteiger partial charge in [0.25, 0.3) is 5.91 Å². The lowest BCUT2D eigenvalue weighted by atomic mass is 10.1. The molecule has 0 radical (unpaired) electrons. The molecular formula is C12H12ClNO2. The first-order chi connectivity index (χ1) is 7.59. The molecule has 1 aliphatic rings. The summed E-state index contributed by atoms with van der Waals surface area (Å²) in [4.78, 5) is 24.3. The van der Waals surface area contributed by atoms with Crippen molar-refractivity contribution in [2.75, 3.05) is 6.54 Å². The molecule has 4 heteroatoms. The minimum absolute atomic E-state index is 0.0729. The molecule has 1 amide bonds. The number of Topliss-reactive ketones (excluding diaryl/α,β-unsaturated/α-hetero) is 1. The Morgan fingerprint density at radius 1 is 1.25 bits per heavy atom. The zero-order chi connectivity index (χ0) is 11.7. The minimum atomic E-state index is -0.373. The van der Waals surface area contributed by atoms with Gasteiger partial charge in [0.2, 0.25) is 5.78 Å². The van der Waals surface area contributed by atoms with Crippen molar-refractivity contribution < 1.29 is 9.59 Å². The van der Waals surface area contributed by atoms with E-state index in [9.17, 15) is 9.59 Å². The van der Waals surface area contributed by atoms with E-state index in [1.807, 2.05) is 19.1 Å². The van der Waals surface area contributed by atoms with Crippen LogP contribution in [0.4, 0.5) is 0 Å². The molecule has 0 spiro atoms. The van der Waals surface area contributed by atoms with Crippen molar-refractivity contribution in [3.05, 3.63) is 34.9 Å². The molecule has 0 aromatic heterocycles. The molecule has 0 saturated carbocycles. The van der Waals surface area contributed by atoms with Crippen LogP contribution >= 0.6 is 11.6 Å². The maximum atomic E-state index is 11.5. The van der Waals surface area contributed by atoms with Crippen molar-refractivity contribution in [1.82, 2.24) is 4.90 Å². The molecule has 1 atom stereocenters. The van der Waals surface area contributed by atoms with Gasteiger partial charge in [0.05, 0.1) is 6.04 Å². The first kappa shape index (κ1) is 11.1. The van der Waals surface area contributed by atoms with E-state index in [0.717, 1.165) is 5.56 Å². The van der Waals surface area contributed by atoms with Crippen LogP contribution in [0.15, 0.2) is 24.3 Å². The maximum Gasteiger partial charge on any atom is 0.290 e. The van der Waals surface area contributed by atoms with Gasteiger partial charge in [-0.1, -0.05) is 23.7 Å². The van der Waals surface area contributed by atoms with Gasteiger partial charge in [-0.25, -0.2) is 0 Å². The number of likely N-dealkylation sites (tertiary alicyclic amines) is 1. The lowest BCUT2D eigenvalue weighted by Gasteiger charge is -2.23. The normalized spacial score (nSPS) is 18.0. The Labute approximate surface area is 99.0 Å². The van der Waals surface area contributed by atoms with Gasteiger partial charge in [-0.2, -0.15) is 0 Å². The highest BCUT2D eigenvalue weighted by atomic mass is 35.5. The summed E-state index contributed by atoms with van der Waals surface area (Å²) >= 11 is 5.79. The van der Waals surface area contributed by atoms with Gasteiger partial charge in [-0.05, 0) is 24.6 Å². The minimum Gasteiger partial charge on any atom is -0.329 e. The van der Waals surface area contributed by atoms with Crippen LogP contribution in [0, 0.1) is 0 Å². The summed E-state index contributed by atoms with van der Waals surface area (Å²) in [5.74, 6) is -0.664. The third-order valence-electron chi connectivity index (χ3n) is 2.90. The van der Waals surface area contributed by atoms with E-state index in [4.69, 9.17) is 11.6 Å². The predicted molar refractivity (Wildman–Crippen MR) is 61.2 cm³/mol. The number of carbonyl (C=O) groups excluding carboxylic acids is 2. The number of benzene rings is 1. The molecule has 1 aromatic carbocycles. The molecule has 16 heavy (non-hydrogen) atoms. The lowest BCUT2D eigenvalue weighted by Crippen LogP contribution is -2.30. The number of hydrogen-bond donors (Lipinski definition) is 0. The quantitative estimate of drug-likeness (QED) is 0.740. The fraction of sp³-hybridized carbons (Fsp3) is 0.333. The number of ketones is 1. The summed E-state index contributed by atoms with van der Waals surface area (Å²) in [6.45, 7) is 2.43. The standard InChI is InChI=1S/C12H12ClNO2/c1-8(9-2-4-10(13)5-3-9)14-7-6-11(15)12(14)16/h2-5,8H,6-7H2,1H3. The highest BCUT2D eigenvalue weighted by molar-refractivity contribution is 6.37. The van der Waals surface area contributed by atoms with Gasteiger partial charge in [0.1, 0.15) is 0 Å². The Hall–Kier alpha value is -1.35. The Kier molecular flexibility index (Phi) is 2.97. The van der Waals surface area contributed by atoms with E-state index in [1.165, 1.54) is 0 Å². The summed E-state index contributed by atoms with van der Waals surface area (Å²) < 4.78 is 0. The van der Waals surface area contributed by atoms with Crippen molar-refractivity contribution in [2.24, 2.45) is 0 Å². The third kappa shape index (κ3) is 1.95. The van der Waals surface area contributed by atoms with Crippen LogP contribution in [0.3, 0.4) is 0 Å². The SMILES string of the molecule is CC(c1ccc(Cl)cc1)N1CCC(=O)C1=O. The smallest absolute Gasteiger partial charge is 0.290 e. The Morgan fingerprint density at radius 3 is 2.38 bits per heavy atom. The molecule has 2 rings (SSSR count). The fourth-order valence-corrected chi connectivity index (χ4v) is 2.01. The van der Waals surface area contributed by atoms with Crippen LogP contribution in [-0.2, 0) is 9.59 Å². The van der Waals surface area contributed by atoms with Crippen LogP contribution in [0.2, 0.25) is 5.02 Å². The molecule has 1 aromatic rings. The molecule has 3 nitrogen and oxygen atoms in total. The maximum absolute atomic E-state index is 11.5. The van der Waals surface area contributed by atoms with Crippen molar-refractivity contribution in [2.45, 2.75) is 19.4 Å². The van der Waals surface area contributed by atoms with Gasteiger partial charge in [-0.3, -0.25) is 9.59 Å². The van der Waals surface area contributed by atoms with E-state index in [-0.39, 0.29) is 17.7 Å². The summed E-state index contributed by atoms with van der Waals surface area (Å²) in [7, 11) is 0. The third-order valence-corrected chi connectivity index (χ3v) is 3.15. The zero-order valence-electron chi connectivity index (χ0n) is 8.94. The summed E-state index contributed by atoms with van der Waals surface area (Å²) in [6.07, 6.45) is 0.330. The highest BCUT2D eigenvalue weighted by Gasteiger charge is 2.32. The predicted octanol–water partition coefficient (Wildman–Crippen LogP) is 2.20. The van der Waals surface area contributed by atoms with Gasteiger partial charge >= 0.3 is 0 Å². The monoisotopic (exact) mass is 237 g/mol. The first-order valence-corrected chi connectivity index (χ1v) is 5.56. The Bertz CT molecular complexity index is 427. The highest BCUT2D eigenvalue weighted by Crippen LogP contribution is 2.25. The van der Waals surface area contributed by atoms with Crippen molar-refractivity contribution >= 4 is 23.3 Å². The zero-order valence-corrected chi connectivity index (χ0v) is 9.70. The van der Waals surface area contributed by atoms with Crippen molar-refractivity contribution in [3.8, 4) is 0 Å². The lowest BCUT2D eigenvalue weighted by molar-refractivity contribution is -0.141. The molecule has 0 N–H and O–H groups in total. The molecule has 0 aliphatic carbocycles. The number of nitrogens with zero attached hydrogens (tertiary/aromatic N) is 1. The Balaban J connectivity index is 2.19. The second-order valence-electron chi connectivity index (χ2n) is 3.90. The van der Waals surface area contributed by atoms with Crippen molar-refractivity contribution in [1.29, 1.82) is 0 Å². The average molecular weight is 238 g/mol. The van der Waals surface area contributed by atoms with Gasteiger partial charge in [0.15, 0.2) is 0 Å². The molecule has 1 saturated heterocycles. The van der Waals surface area contributed by atoms with Gasteiger partial charge in [-0.15, -0.1) is 0 Å². The van der Waals surface area contributed by atoms with Gasteiger partial charge < -0.3 is 4.90 Å².